The molecule has 3 aromatic rings. The lowest BCUT2D eigenvalue weighted by molar-refractivity contribution is 0.0632. The molecule has 0 aliphatic carbocycles. The van der Waals surface area contributed by atoms with Gasteiger partial charge in [0, 0.05) is 30.8 Å². The van der Waals surface area contributed by atoms with Crippen LogP contribution in [0, 0.1) is 5.92 Å². The number of amides is 1. The minimum Gasteiger partial charge on any atom is -0.457 e. The lowest BCUT2D eigenvalue weighted by Gasteiger charge is -2.31. The molecule has 2 heterocycles. The average molecular weight is 386 g/mol. The highest BCUT2D eigenvalue weighted by molar-refractivity contribution is 5.99. The van der Waals surface area contributed by atoms with Gasteiger partial charge in [-0.3, -0.25) is 14.6 Å². The van der Waals surface area contributed by atoms with Gasteiger partial charge in [0.15, 0.2) is 5.78 Å². The molecule has 0 saturated carbocycles. The largest absolute Gasteiger partial charge is 0.457 e. The Kier molecular flexibility index (Phi) is 5.66. The third-order valence-electron chi connectivity index (χ3n) is 5.08. The first-order chi connectivity index (χ1) is 14.2. The fourth-order valence-electron chi connectivity index (χ4n) is 3.57. The Hall–Kier alpha value is -3.47. The minimum absolute atomic E-state index is 0.0646. The summed E-state index contributed by atoms with van der Waals surface area (Å²) in [7, 11) is 0. The Morgan fingerprint density at radius 2 is 1.62 bits per heavy atom. The number of hydrogen-bond acceptors (Lipinski definition) is 4. The Morgan fingerprint density at radius 3 is 2.34 bits per heavy atom. The van der Waals surface area contributed by atoms with E-state index in [1.165, 1.54) is 0 Å². The summed E-state index contributed by atoms with van der Waals surface area (Å²) in [4.78, 5) is 31.5. The highest BCUT2D eigenvalue weighted by Crippen LogP contribution is 2.25. The fraction of sp³-hybridized carbons (Fsp3) is 0.208. The highest BCUT2D eigenvalue weighted by Gasteiger charge is 2.29. The molecule has 146 valence electrons. The van der Waals surface area contributed by atoms with Gasteiger partial charge in [0.05, 0.1) is 0 Å². The number of hydrogen-bond donors (Lipinski definition) is 0. The Balaban J connectivity index is 1.41. The van der Waals surface area contributed by atoms with Gasteiger partial charge < -0.3 is 9.64 Å². The molecule has 1 saturated heterocycles. The van der Waals surface area contributed by atoms with Crippen molar-refractivity contribution >= 4 is 11.7 Å². The van der Waals surface area contributed by atoms with E-state index in [9.17, 15) is 9.59 Å². The van der Waals surface area contributed by atoms with Crippen molar-refractivity contribution in [2.45, 2.75) is 12.8 Å². The standard InChI is InChI=1S/C24H22N2O3/c27-23(18-11-13-21(14-12-18)29-20-8-2-1-3-9-20)19-7-6-16-26(17-19)24(28)22-10-4-5-15-25-22/h1-5,8-15,19H,6-7,16-17H2/t19-/m1/s1. The Labute approximate surface area is 170 Å². The smallest absolute Gasteiger partial charge is 0.272 e. The third-order valence-corrected chi connectivity index (χ3v) is 5.08. The second-order valence-electron chi connectivity index (χ2n) is 7.11. The van der Waals surface area contributed by atoms with Crippen molar-refractivity contribution in [3.05, 3.63) is 90.3 Å². The van der Waals surface area contributed by atoms with E-state index in [1.807, 2.05) is 30.3 Å². The number of para-hydroxylation sites is 1. The Morgan fingerprint density at radius 1 is 0.897 bits per heavy atom. The van der Waals surface area contributed by atoms with Crippen LogP contribution in [0.4, 0.5) is 0 Å². The molecule has 4 rings (SSSR count). The number of ether oxygens (including phenoxy) is 1. The summed E-state index contributed by atoms with van der Waals surface area (Å²) < 4.78 is 5.78. The number of aromatic nitrogens is 1. The van der Waals surface area contributed by atoms with Crippen molar-refractivity contribution in [1.29, 1.82) is 0 Å². The Bertz CT molecular complexity index is 972. The van der Waals surface area contributed by atoms with E-state index in [4.69, 9.17) is 4.74 Å². The third kappa shape index (κ3) is 4.51. The molecule has 1 aliphatic rings. The zero-order valence-corrected chi connectivity index (χ0v) is 16.0. The molecule has 2 aromatic carbocycles. The lowest BCUT2D eigenvalue weighted by atomic mass is 9.90. The van der Waals surface area contributed by atoms with Crippen molar-refractivity contribution < 1.29 is 14.3 Å². The van der Waals surface area contributed by atoms with Crippen LogP contribution in [0.2, 0.25) is 0 Å². The molecule has 1 fully saturated rings. The molecule has 5 heteroatoms. The molecule has 1 amide bonds. The predicted molar refractivity (Wildman–Crippen MR) is 110 cm³/mol. The molecular formula is C24H22N2O3. The highest BCUT2D eigenvalue weighted by atomic mass is 16.5. The van der Waals surface area contributed by atoms with Crippen molar-refractivity contribution in [2.75, 3.05) is 13.1 Å². The van der Waals surface area contributed by atoms with E-state index >= 15 is 0 Å². The maximum atomic E-state index is 13.0. The van der Waals surface area contributed by atoms with Gasteiger partial charge in [0.25, 0.3) is 5.91 Å². The first-order valence-electron chi connectivity index (χ1n) is 9.78. The van der Waals surface area contributed by atoms with E-state index in [0.29, 0.717) is 30.1 Å². The van der Waals surface area contributed by atoms with Crippen molar-refractivity contribution in [3.8, 4) is 11.5 Å². The van der Waals surface area contributed by atoms with Gasteiger partial charge in [0.2, 0.25) is 0 Å². The zero-order valence-electron chi connectivity index (χ0n) is 16.0. The van der Waals surface area contributed by atoms with Crippen LogP contribution < -0.4 is 4.74 Å². The quantitative estimate of drug-likeness (QED) is 0.601. The van der Waals surface area contributed by atoms with E-state index in [0.717, 1.165) is 18.6 Å². The summed E-state index contributed by atoms with van der Waals surface area (Å²) in [5, 5.41) is 0. The molecule has 1 atom stereocenters. The number of carbonyl (C=O) groups is 2. The number of ketones is 1. The first kappa shape index (κ1) is 18.9. The van der Waals surface area contributed by atoms with Crippen LogP contribution in [-0.4, -0.2) is 34.7 Å². The van der Waals surface area contributed by atoms with Crippen LogP contribution in [0.5, 0.6) is 11.5 Å². The van der Waals surface area contributed by atoms with E-state index in [1.54, 1.807) is 53.6 Å². The van der Waals surface area contributed by atoms with Crippen LogP contribution in [0.1, 0.15) is 33.7 Å². The molecule has 29 heavy (non-hydrogen) atoms. The maximum absolute atomic E-state index is 13.0. The number of likely N-dealkylation sites (tertiary alicyclic amines) is 1. The summed E-state index contributed by atoms with van der Waals surface area (Å²) in [6.07, 6.45) is 3.20. The van der Waals surface area contributed by atoms with Crippen LogP contribution in [0.3, 0.4) is 0 Å². The molecule has 1 aliphatic heterocycles. The minimum atomic E-state index is -0.197. The van der Waals surface area contributed by atoms with Crippen LogP contribution in [-0.2, 0) is 0 Å². The van der Waals surface area contributed by atoms with Gasteiger partial charge >= 0.3 is 0 Å². The van der Waals surface area contributed by atoms with Gasteiger partial charge in [-0.05, 0) is 61.4 Å². The fourth-order valence-corrected chi connectivity index (χ4v) is 3.57. The number of nitrogens with zero attached hydrogens (tertiary/aromatic N) is 2. The van der Waals surface area contributed by atoms with Crippen molar-refractivity contribution in [1.82, 2.24) is 9.88 Å². The van der Waals surface area contributed by atoms with Crippen LogP contribution >= 0.6 is 0 Å². The molecule has 5 nitrogen and oxygen atoms in total. The number of benzene rings is 2. The first-order valence-corrected chi connectivity index (χ1v) is 9.78. The molecular weight excluding hydrogens is 364 g/mol. The van der Waals surface area contributed by atoms with E-state index in [2.05, 4.69) is 4.98 Å². The van der Waals surface area contributed by atoms with E-state index < -0.39 is 0 Å². The topological polar surface area (TPSA) is 59.5 Å². The zero-order chi connectivity index (χ0) is 20.1. The summed E-state index contributed by atoms with van der Waals surface area (Å²) in [5.74, 6) is 1.19. The van der Waals surface area contributed by atoms with Gasteiger partial charge in [-0.1, -0.05) is 24.3 Å². The second kappa shape index (κ2) is 8.69. The van der Waals surface area contributed by atoms with Crippen molar-refractivity contribution in [3.63, 3.8) is 0 Å². The molecule has 0 unspecified atom stereocenters. The molecule has 0 spiro atoms. The van der Waals surface area contributed by atoms with Gasteiger partial charge in [-0.15, -0.1) is 0 Å². The van der Waals surface area contributed by atoms with Gasteiger partial charge in [-0.25, -0.2) is 0 Å². The summed E-state index contributed by atoms with van der Waals surface area (Å²) >= 11 is 0. The van der Waals surface area contributed by atoms with Crippen LogP contribution in [0.25, 0.3) is 0 Å². The molecule has 0 bridgehead atoms. The summed E-state index contributed by atoms with van der Waals surface area (Å²) in [6, 6.07) is 22.0. The number of piperidine rings is 1. The average Bonchev–Trinajstić information content (AvgIpc) is 2.80. The predicted octanol–water partition coefficient (Wildman–Crippen LogP) is 4.61. The molecule has 1 aromatic heterocycles. The number of rotatable bonds is 5. The maximum Gasteiger partial charge on any atom is 0.272 e. The SMILES string of the molecule is O=C(c1ccc(Oc2ccccc2)cc1)[C@@H]1CCCN(C(=O)c2ccccn2)C1. The number of carbonyl (C=O) groups excluding carboxylic acids is 2. The van der Waals surface area contributed by atoms with Crippen LogP contribution in [0.15, 0.2) is 79.0 Å². The lowest BCUT2D eigenvalue weighted by Crippen LogP contribution is -2.42. The molecule has 0 N–H and O–H groups in total. The van der Waals surface area contributed by atoms with E-state index in [-0.39, 0.29) is 17.6 Å². The summed E-state index contributed by atoms with van der Waals surface area (Å²) in [5.41, 5.74) is 1.06. The normalized spacial score (nSPS) is 16.3. The number of pyridine rings is 1. The van der Waals surface area contributed by atoms with Gasteiger partial charge in [-0.2, -0.15) is 0 Å². The monoisotopic (exact) mass is 386 g/mol. The van der Waals surface area contributed by atoms with Gasteiger partial charge in [0.1, 0.15) is 17.2 Å². The summed E-state index contributed by atoms with van der Waals surface area (Å²) in [6.45, 7) is 1.08. The molecule has 0 radical (unpaired) electrons. The van der Waals surface area contributed by atoms with Crippen molar-refractivity contribution in [2.24, 2.45) is 5.92 Å². The number of Topliss-reactive ketones (excluding diaryl/α,β-unsaturated/α-hetero) is 1. The second-order valence-corrected chi connectivity index (χ2v) is 7.11.